The summed E-state index contributed by atoms with van der Waals surface area (Å²) in [5, 5.41) is 8.93. The second-order valence-electron chi connectivity index (χ2n) is 5.96. The second-order valence-corrected chi connectivity index (χ2v) is 5.96. The van der Waals surface area contributed by atoms with Gasteiger partial charge >= 0.3 is 5.97 Å². The lowest BCUT2D eigenvalue weighted by Gasteiger charge is -2.20. The maximum atomic E-state index is 10.8. The first-order valence-electron chi connectivity index (χ1n) is 6.02. The van der Waals surface area contributed by atoms with Gasteiger partial charge in [0.25, 0.3) is 0 Å². The summed E-state index contributed by atoms with van der Waals surface area (Å²) < 4.78 is 5.59. The Bertz CT molecular complexity index is 214. The zero-order valence-corrected chi connectivity index (χ0v) is 11.3. The standard InChI is InChI=1S/C13H26O3/c1-12(2,3)16-10-8-6-7-9-13(4,5)11(14)15/h6-10H2,1-5H3,(H,14,15). The molecule has 16 heavy (non-hydrogen) atoms. The lowest BCUT2D eigenvalue weighted by Crippen LogP contribution is -2.23. The first kappa shape index (κ1) is 15.4. The zero-order chi connectivity index (χ0) is 12.8. The Labute approximate surface area is 99.2 Å². The van der Waals surface area contributed by atoms with Crippen LogP contribution in [0.4, 0.5) is 0 Å². The summed E-state index contributed by atoms with van der Waals surface area (Å²) in [5.74, 6) is -0.710. The van der Waals surface area contributed by atoms with Crippen LogP contribution in [0.1, 0.15) is 60.3 Å². The van der Waals surface area contributed by atoms with Crippen molar-refractivity contribution in [1.29, 1.82) is 0 Å². The highest BCUT2D eigenvalue weighted by atomic mass is 16.5. The van der Waals surface area contributed by atoms with Crippen LogP contribution in [0.2, 0.25) is 0 Å². The molecular formula is C13H26O3. The quantitative estimate of drug-likeness (QED) is 0.681. The van der Waals surface area contributed by atoms with Gasteiger partial charge in [-0.3, -0.25) is 4.79 Å². The lowest BCUT2D eigenvalue weighted by molar-refractivity contribution is -0.147. The van der Waals surface area contributed by atoms with Gasteiger partial charge in [0.2, 0.25) is 0 Å². The van der Waals surface area contributed by atoms with Crippen LogP contribution in [0, 0.1) is 5.41 Å². The summed E-state index contributed by atoms with van der Waals surface area (Å²) in [6.45, 7) is 10.4. The fourth-order valence-electron chi connectivity index (χ4n) is 1.33. The topological polar surface area (TPSA) is 46.5 Å². The predicted molar refractivity (Wildman–Crippen MR) is 65.6 cm³/mol. The van der Waals surface area contributed by atoms with Gasteiger partial charge in [0.05, 0.1) is 11.0 Å². The van der Waals surface area contributed by atoms with E-state index in [0.717, 1.165) is 32.3 Å². The Balaban J connectivity index is 3.52. The average Bonchev–Trinajstić information content (AvgIpc) is 2.09. The maximum absolute atomic E-state index is 10.8. The minimum Gasteiger partial charge on any atom is -0.481 e. The summed E-state index contributed by atoms with van der Waals surface area (Å²) in [6, 6.07) is 0. The molecule has 0 heterocycles. The first-order chi connectivity index (χ1) is 7.15. The van der Waals surface area contributed by atoms with E-state index in [2.05, 4.69) is 0 Å². The second kappa shape index (κ2) is 6.24. The molecule has 0 amide bonds. The smallest absolute Gasteiger partial charge is 0.309 e. The molecule has 0 bridgehead atoms. The molecule has 0 aliphatic heterocycles. The Morgan fingerprint density at radius 2 is 1.62 bits per heavy atom. The molecule has 0 aliphatic carbocycles. The van der Waals surface area contributed by atoms with Crippen molar-refractivity contribution in [3.8, 4) is 0 Å². The number of carboxylic acid groups (broad SMARTS) is 1. The number of hydrogen-bond acceptors (Lipinski definition) is 2. The third kappa shape index (κ3) is 7.69. The van der Waals surface area contributed by atoms with Crippen molar-refractivity contribution in [3.63, 3.8) is 0 Å². The van der Waals surface area contributed by atoms with Gasteiger partial charge in [-0.25, -0.2) is 0 Å². The summed E-state index contributed by atoms with van der Waals surface area (Å²) in [7, 11) is 0. The third-order valence-electron chi connectivity index (χ3n) is 2.56. The number of ether oxygens (including phenoxy) is 1. The monoisotopic (exact) mass is 230 g/mol. The Morgan fingerprint density at radius 1 is 1.06 bits per heavy atom. The molecule has 0 unspecified atom stereocenters. The van der Waals surface area contributed by atoms with E-state index in [-0.39, 0.29) is 5.60 Å². The van der Waals surface area contributed by atoms with E-state index in [1.165, 1.54) is 0 Å². The van der Waals surface area contributed by atoms with Crippen molar-refractivity contribution in [3.05, 3.63) is 0 Å². The summed E-state index contributed by atoms with van der Waals surface area (Å²) in [5.41, 5.74) is -0.661. The van der Waals surface area contributed by atoms with Gasteiger partial charge in [0.15, 0.2) is 0 Å². The van der Waals surface area contributed by atoms with Crippen molar-refractivity contribution in [2.45, 2.75) is 65.9 Å². The van der Waals surface area contributed by atoms with Crippen molar-refractivity contribution in [2.24, 2.45) is 5.41 Å². The molecule has 3 nitrogen and oxygen atoms in total. The van der Waals surface area contributed by atoms with E-state index in [0.29, 0.717) is 0 Å². The van der Waals surface area contributed by atoms with Gasteiger partial charge < -0.3 is 9.84 Å². The highest BCUT2D eigenvalue weighted by Crippen LogP contribution is 2.23. The fraction of sp³-hybridized carbons (Fsp3) is 0.923. The molecule has 0 aromatic rings. The molecule has 1 N–H and O–H groups in total. The van der Waals surface area contributed by atoms with Crippen molar-refractivity contribution in [2.75, 3.05) is 6.61 Å². The van der Waals surface area contributed by atoms with Crippen LogP contribution in [-0.2, 0) is 9.53 Å². The van der Waals surface area contributed by atoms with Crippen LogP contribution in [0.15, 0.2) is 0 Å². The zero-order valence-electron chi connectivity index (χ0n) is 11.3. The highest BCUT2D eigenvalue weighted by molar-refractivity contribution is 5.73. The average molecular weight is 230 g/mol. The first-order valence-corrected chi connectivity index (χ1v) is 6.02. The molecule has 0 fully saturated rings. The van der Waals surface area contributed by atoms with E-state index in [1.54, 1.807) is 13.8 Å². The van der Waals surface area contributed by atoms with Gasteiger partial charge in [-0.2, -0.15) is 0 Å². The van der Waals surface area contributed by atoms with E-state index in [1.807, 2.05) is 20.8 Å². The molecule has 96 valence electrons. The molecule has 0 atom stereocenters. The van der Waals surface area contributed by atoms with E-state index >= 15 is 0 Å². The Hall–Kier alpha value is -0.570. The number of unbranched alkanes of at least 4 members (excludes halogenated alkanes) is 2. The minimum atomic E-state index is -0.710. The summed E-state index contributed by atoms with van der Waals surface area (Å²) in [4.78, 5) is 10.8. The SMILES string of the molecule is CC(C)(C)OCCCCCC(C)(C)C(=O)O. The molecule has 0 aliphatic rings. The van der Waals surface area contributed by atoms with Crippen LogP contribution < -0.4 is 0 Å². The van der Waals surface area contributed by atoms with Gasteiger partial charge in [-0.15, -0.1) is 0 Å². The van der Waals surface area contributed by atoms with E-state index in [9.17, 15) is 4.79 Å². The van der Waals surface area contributed by atoms with Crippen LogP contribution >= 0.6 is 0 Å². The number of carbonyl (C=O) groups is 1. The van der Waals surface area contributed by atoms with Crippen LogP contribution in [0.5, 0.6) is 0 Å². The maximum Gasteiger partial charge on any atom is 0.309 e. The molecule has 0 spiro atoms. The Morgan fingerprint density at radius 3 is 2.06 bits per heavy atom. The van der Waals surface area contributed by atoms with Gasteiger partial charge in [0, 0.05) is 6.61 Å². The lowest BCUT2D eigenvalue weighted by atomic mass is 9.87. The summed E-state index contributed by atoms with van der Waals surface area (Å²) in [6.07, 6.45) is 3.73. The van der Waals surface area contributed by atoms with E-state index in [4.69, 9.17) is 9.84 Å². The largest absolute Gasteiger partial charge is 0.481 e. The van der Waals surface area contributed by atoms with Gasteiger partial charge in [-0.1, -0.05) is 12.8 Å². The number of rotatable bonds is 7. The number of carboxylic acids is 1. The van der Waals surface area contributed by atoms with E-state index < -0.39 is 11.4 Å². The van der Waals surface area contributed by atoms with Crippen LogP contribution in [-0.4, -0.2) is 23.3 Å². The van der Waals surface area contributed by atoms with Crippen LogP contribution in [0.25, 0.3) is 0 Å². The van der Waals surface area contributed by atoms with Crippen molar-refractivity contribution < 1.29 is 14.6 Å². The molecule has 3 heteroatoms. The third-order valence-corrected chi connectivity index (χ3v) is 2.56. The molecule has 0 aromatic heterocycles. The van der Waals surface area contributed by atoms with Crippen molar-refractivity contribution in [1.82, 2.24) is 0 Å². The normalized spacial score (nSPS) is 12.8. The molecular weight excluding hydrogens is 204 g/mol. The van der Waals surface area contributed by atoms with Gasteiger partial charge in [0.1, 0.15) is 0 Å². The Kier molecular flexibility index (Phi) is 6.01. The summed E-state index contributed by atoms with van der Waals surface area (Å²) >= 11 is 0. The fourth-order valence-corrected chi connectivity index (χ4v) is 1.33. The molecule has 0 saturated carbocycles. The molecule has 0 radical (unpaired) electrons. The number of aliphatic carboxylic acids is 1. The predicted octanol–water partition coefficient (Wildman–Crippen LogP) is 3.47. The van der Waals surface area contributed by atoms with Crippen LogP contribution in [0.3, 0.4) is 0 Å². The van der Waals surface area contributed by atoms with Crippen molar-refractivity contribution >= 4 is 5.97 Å². The molecule has 0 aromatic carbocycles. The molecule has 0 saturated heterocycles. The molecule has 0 rings (SSSR count). The highest BCUT2D eigenvalue weighted by Gasteiger charge is 2.25. The minimum absolute atomic E-state index is 0.0691. The number of hydrogen-bond donors (Lipinski definition) is 1. The van der Waals surface area contributed by atoms with Gasteiger partial charge in [-0.05, 0) is 47.5 Å².